The number of hydrogen-bond acceptors (Lipinski definition) is 3. The summed E-state index contributed by atoms with van der Waals surface area (Å²) in [5, 5.41) is 7.28. The van der Waals surface area contributed by atoms with Gasteiger partial charge >= 0.3 is 0 Å². The van der Waals surface area contributed by atoms with E-state index in [1.165, 1.54) is 37.1 Å². The molecule has 134 valence electrons. The van der Waals surface area contributed by atoms with Gasteiger partial charge in [0, 0.05) is 39.8 Å². The third-order valence-corrected chi connectivity index (χ3v) is 6.93. The van der Waals surface area contributed by atoms with E-state index in [0.29, 0.717) is 5.41 Å². The van der Waals surface area contributed by atoms with Gasteiger partial charge in [0.25, 0.3) is 0 Å². The Balaban J connectivity index is 0.00000169. The summed E-state index contributed by atoms with van der Waals surface area (Å²) in [6.45, 7) is 5.45. The summed E-state index contributed by atoms with van der Waals surface area (Å²) in [6, 6.07) is 4.37. The van der Waals surface area contributed by atoms with E-state index in [9.17, 15) is 0 Å². The van der Waals surface area contributed by atoms with E-state index >= 15 is 0 Å². The molecule has 1 aromatic rings. The molecule has 0 bridgehead atoms. The number of halogens is 1. The number of rotatable bonds is 4. The molecule has 0 atom stereocenters. The summed E-state index contributed by atoms with van der Waals surface area (Å²) in [7, 11) is 1.93. The molecule has 1 aromatic heterocycles. The van der Waals surface area contributed by atoms with E-state index in [2.05, 4.69) is 37.6 Å². The van der Waals surface area contributed by atoms with E-state index in [-0.39, 0.29) is 24.0 Å². The SMILES string of the molecule is CN=C(NCC1(C2CC2)CCC1)N1CCN(c2cccs2)CC1.I. The minimum atomic E-state index is 0. The highest BCUT2D eigenvalue weighted by molar-refractivity contribution is 14.0. The number of anilines is 1. The second-order valence-corrected chi connectivity index (χ2v) is 8.24. The van der Waals surface area contributed by atoms with E-state index in [0.717, 1.165) is 44.6 Å². The van der Waals surface area contributed by atoms with Gasteiger partial charge < -0.3 is 15.1 Å². The summed E-state index contributed by atoms with van der Waals surface area (Å²) in [6.07, 6.45) is 7.19. The Labute approximate surface area is 166 Å². The van der Waals surface area contributed by atoms with E-state index in [1.54, 1.807) is 0 Å². The minimum absolute atomic E-state index is 0. The second kappa shape index (κ2) is 7.81. The summed E-state index contributed by atoms with van der Waals surface area (Å²) in [5.74, 6) is 2.11. The van der Waals surface area contributed by atoms with Crippen LogP contribution in [0.5, 0.6) is 0 Å². The Morgan fingerprint density at radius 2 is 2.04 bits per heavy atom. The molecule has 24 heavy (non-hydrogen) atoms. The molecule has 0 aromatic carbocycles. The van der Waals surface area contributed by atoms with Crippen molar-refractivity contribution in [2.75, 3.05) is 44.7 Å². The van der Waals surface area contributed by atoms with Crippen molar-refractivity contribution in [1.29, 1.82) is 0 Å². The number of guanidine groups is 1. The lowest BCUT2D eigenvalue weighted by atomic mass is 9.65. The van der Waals surface area contributed by atoms with Crippen LogP contribution in [0.25, 0.3) is 0 Å². The van der Waals surface area contributed by atoms with Gasteiger partial charge in [-0.1, -0.05) is 6.42 Å². The number of thiophene rings is 1. The summed E-state index contributed by atoms with van der Waals surface area (Å²) < 4.78 is 0. The molecule has 2 aliphatic carbocycles. The quantitative estimate of drug-likeness (QED) is 0.423. The van der Waals surface area contributed by atoms with Gasteiger partial charge in [0.05, 0.1) is 5.00 Å². The first-order valence-electron chi connectivity index (χ1n) is 9.05. The number of aliphatic imine (C=N–C) groups is 1. The van der Waals surface area contributed by atoms with Crippen LogP contribution < -0.4 is 10.2 Å². The van der Waals surface area contributed by atoms with Crippen molar-refractivity contribution in [3.05, 3.63) is 17.5 Å². The normalized spacial score (nSPS) is 23.5. The number of hydrogen-bond donors (Lipinski definition) is 1. The fraction of sp³-hybridized carbons (Fsp3) is 0.722. The molecule has 6 heteroatoms. The summed E-state index contributed by atoms with van der Waals surface area (Å²) in [4.78, 5) is 9.48. The molecule has 2 saturated carbocycles. The molecule has 0 amide bonds. The number of nitrogens with one attached hydrogen (secondary N) is 1. The van der Waals surface area contributed by atoms with Crippen molar-refractivity contribution in [3.8, 4) is 0 Å². The van der Waals surface area contributed by atoms with Gasteiger partial charge in [0.2, 0.25) is 0 Å². The van der Waals surface area contributed by atoms with Gasteiger partial charge in [-0.05, 0) is 54.5 Å². The highest BCUT2D eigenvalue weighted by Gasteiger charge is 2.48. The number of nitrogens with zero attached hydrogens (tertiary/aromatic N) is 3. The zero-order valence-electron chi connectivity index (χ0n) is 14.5. The minimum Gasteiger partial charge on any atom is -0.360 e. The van der Waals surface area contributed by atoms with Gasteiger partial charge in [-0.2, -0.15) is 0 Å². The van der Waals surface area contributed by atoms with Crippen molar-refractivity contribution >= 4 is 46.3 Å². The van der Waals surface area contributed by atoms with Crippen LogP contribution in [0, 0.1) is 11.3 Å². The molecular formula is C18H29IN4S. The Kier molecular flexibility index (Phi) is 5.95. The van der Waals surface area contributed by atoms with Gasteiger partial charge in [-0.15, -0.1) is 35.3 Å². The van der Waals surface area contributed by atoms with Gasteiger partial charge in [0.15, 0.2) is 5.96 Å². The molecule has 0 spiro atoms. The van der Waals surface area contributed by atoms with Crippen LogP contribution in [0.15, 0.2) is 22.5 Å². The maximum Gasteiger partial charge on any atom is 0.193 e. The molecule has 4 nitrogen and oxygen atoms in total. The van der Waals surface area contributed by atoms with Crippen LogP contribution in [-0.4, -0.2) is 50.6 Å². The zero-order valence-corrected chi connectivity index (χ0v) is 17.7. The first-order valence-corrected chi connectivity index (χ1v) is 9.93. The van der Waals surface area contributed by atoms with Gasteiger partial charge in [-0.25, -0.2) is 0 Å². The fourth-order valence-electron chi connectivity index (χ4n) is 4.23. The second-order valence-electron chi connectivity index (χ2n) is 7.32. The highest BCUT2D eigenvalue weighted by atomic mass is 127. The molecule has 3 fully saturated rings. The molecule has 2 heterocycles. The van der Waals surface area contributed by atoms with Crippen LogP contribution in [0.1, 0.15) is 32.1 Å². The summed E-state index contributed by atoms with van der Waals surface area (Å²) in [5.41, 5.74) is 0.606. The molecule has 0 unspecified atom stereocenters. The third kappa shape index (κ3) is 3.69. The van der Waals surface area contributed by atoms with Crippen LogP contribution in [0.3, 0.4) is 0 Å². The topological polar surface area (TPSA) is 30.9 Å². The molecule has 0 radical (unpaired) electrons. The first kappa shape index (κ1) is 18.3. The lowest BCUT2D eigenvalue weighted by molar-refractivity contribution is 0.104. The Morgan fingerprint density at radius 3 is 2.54 bits per heavy atom. The number of piperazine rings is 1. The van der Waals surface area contributed by atoms with Crippen LogP contribution in [0.4, 0.5) is 5.00 Å². The fourth-order valence-corrected chi connectivity index (χ4v) is 5.02. The van der Waals surface area contributed by atoms with E-state index in [4.69, 9.17) is 0 Å². The zero-order chi connectivity index (χ0) is 15.7. The molecule has 3 aliphatic rings. The molecular weight excluding hydrogens is 431 g/mol. The van der Waals surface area contributed by atoms with Crippen molar-refractivity contribution in [2.24, 2.45) is 16.3 Å². The van der Waals surface area contributed by atoms with Crippen molar-refractivity contribution in [3.63, 3.8) is 0 Å². The Bertz CT molecular complexity index is 543. The predicted molar refractivity (Wildman–Crippen MR) is 114 cm³/mol. The van der Waals surface area contributed by atoms with Gasteiger partial charge in [-0.3, -0.25) is 4.99 Å². The molecule has 1 saturated heterocycles. The smallest absolute Gasteiger partial charge is 0.193 e. The van der Waals surface area contributed by atoms with E-state index in [1.807, 2.05) is 18.4 Å². The standard InChI is InChI=1S/C18H28N4S.HI/c1-19-17(20-14-18(7-3-8-18)15-5-6-15)22-11-9-21(10-12-22)16-4-2-13-23-16;/h2,4,13,15H,3,5-12,14H2,1H3,(H,19,20);1H. The first-order chi connectivity index (χ1) is 11.3. The third-order valence-electron chi connectivity index (χ3n) is 6.00. The monoisotopic (exact) mass is 460 g/mol. The largest absolute Gasteiger partial charge is 0.360 e. The van der Waals surface area contributed by atoms with Crippen LogP contribution >= 0.6 is 35.3 Å². The predicted octanol–water partition coefficient (Wildman–Crippen LogP) is 3.64. The molecule has 4 rings (SSSR count). The lowest BCUT2D eigenvalue weighted by Gasteiger charge is -2.44. The molecule has 1 N–H and O–H groups in total. The summed E-state index contributed by atoms with van der Waals surface area (Å²) >= 11 is 1.84. The van der Waals surface area contributed by atoms with Gasteiger partial charge in [0.1, 0.15) is 0 Å². The average Bonchev–Trinajstić information content (AvgIpc) is 3.24. The average molecular weight is 460 g/mol. The van der Waals surface area contributed by atoms with E-state index < -0.39 is 0 Å². The maximum atomic E-state index is 4.56. The molecule has 1 aliphatic heterocycles. The van der Waals surface area contributed by atoms with Crippen LogP contribution in [-0.2, 0) is 0 Å². The maximum absolute atomic E-state index is 4.56. The van der Waals surface area contributed by atoms with Crippen molar-refractivity contribution in [2.45, 2.75) is 32.1 Å². The highest BCUT2D eigenvalue weighted by Crippen LogP contribution is 2.56. The van der Waals surface area contributed by atoms with Crippen molar-refractivity contribution < 1.29 is 0 Å². The lowest BCUT2D eigenvalue weighted by Crippen LogP contribution is -2.54. The van der Waals surface area contributed by atoms with Crippen molar-refractivity contribution in [1.82, 2.24) is 10.2 Å². The van der Waals surface area contributed by atoms with Crippen LogP contribution in [0.2, 0.25) is 0 Å². The Morgan fingerprint density at radius 1 is 1.29 bits per heavy atom. The Hall–Kier alpha value is -0.500.